The van der Waals surface area contributed by atoms with E-state index in [1.807, 2.05) is 0 Å². The Morgan fingerprint density at radius 2 is 2.08 bits per heavy atom. The molecule has 1 N–H and O–H groups in total. The Balaban J connectivity index is 1.86. The molecular formula is C7H21NO2Si3. The van der Waals surface area contributed by atoms with Crippen molar-refractivity contribution in [2.45, 2.75) is 32.1 Å². The second kappa shape index (κ2) is 7.89. The topological polar surface area (TPSA) is 30.5 Å². The summed E-state index contributed by atoms with van der Waals surface area (Å²) in [5.74, 6) is 0.934. The van der Waals surface area contributed by atoms with E-state index in [1.165, 1.54) is 38.6 Å². The maximum Gasteiger partial charge on any atom is 0.283 e. The molecule has 0 bridgehead atoms. The van der Waals surface area contributed by atoms with E-state index in [0.717, 1.165) is 16.4 Å². The summed E-state index contributed by atoms with van der Waals surface area (Å²) in [5.41, 5.74) is 0. The summed E-state index contributed by atoms with van der Waals surface area (Å²) in [5, 5.41) is 0. The van der Waals surface area contributed by atoms with Gasteiger partial charge in [0.05, 0.1) is 0 Å². The highest BCUT2D eigenvalue weighted by Crippen LogP contribution is 2.22. The number of hydrogen-bond donors (Lipinski definition) is 1. The summed E-state index contributed by atoms with van der Waals surface area (Å²) < 4.78 is 10.5. The number of nitrogens with one attached hydrogen (secondary N) is 1. The fourth-order valence-electron chi connectivity index (χ4n) is 1.85. The van der Waals surface area contributed by atoms with Crippen molar-refractivity contribution in [2.24, 2.45) is 5.92 Å². The van der Waals surface area contributed by atoms with E-state index in [-0.39, 0.29) is 0 Å². The summed E-state index contributed by atoms with van der Waals surface area (Å²) in [6.45, 7) is 1.20. The van der Waals surface area contributed by atoms with Gasteiger partial charge in [-0.3, -0.25) is 0 Å². The Morgan fingerprint density at radius 1 is 1.31 bits per heavy atom. The van der Waals surface area contributed by atoms with Crippen molar-refractivity contribution in [1.82, 2.24) is 4.98 Å². The quantitative estimate of drug-likeness (QED) is 0.448. The van der Waals surface area contributed by atoms with Crippen LogP contribution >= 0.6 is 0 Å². The summed E-state index contributed by atoms with van der Waals surface area (Å²) in [7, 11) is -0.156. The molecule has 13 heavy (non-hydrogen) atoms. The largest absolute Gasteiger partial charge is 0.449 e. The third-order valence-corrected chi connectivity index (χ3v) is 5.48. The zero-order valence-electron chi connectivity index (χ0n) is 8.55. The lowest BCUT2D eigenvalue weighted by Crippen LogP contribution is -2.30. The summed E-state index contributed by atoms with van der Waals surface area (Å²) in [4.78, 5) is 3.48. The van der Waals surface area contributed by atoms with Crippen LogP contribution in [-0.4, -0.2) is 37.0 Å². The minimum atomic E-state index is -0.566. The summed E-state index contributed by atoms with van der Waals surface area (Å²) in [6, 6.07) is 0. The molecule has 0 spiro atoms. The van der Waals surface area contributed by atoms with Crippen LogP contribution in [0.15, 0.2) is 0 Å². The van der Waals surface area contributed by atoms with Crippen LogP contribution < -0.4 is 4.98 Å². The van der Waals surface area contributed by atoms with Gasteiger partial charge < -0.3 is 13.2 Å². The molecular weight excluding hydrogens is 214 g/mol. The standard InChI is InChI=1S/C7H21NO2Si3/c11-9-13-10-12-8-6-7-4-2-1-3-5-7/h7-8H,1-6,12-13H2,11H3. The fraction of sp³-hybridized carbons (Fsp3) is 1.00. The van der Waals surface area contributed by atoms with Crippen molar-refractivity contribution in [1.29, 1.82) is 0 Å². The van der Waals surface area contributed by atoms with Gasteiger partial charge in [-0.15, -0.1) is 0 Å². The lowest BCUT2D eigenvalue weighted by molar-refractivity contribution is 0.354. The van der Waals surface area contributed by atoms with E-state index >= 15 is 0 Å². The maximum atomic E-state index is 5.45. The molecule has 0 saturated heterocycles. The van der Waals surface area contributed by atoms with Crippen molar-refractivity contribution >= 4 is 30.4 Å². The smallest absolute Gasteiger partial charge is 0.283 e. The molecule has 3 nitrogen and oxygen atoms in total. The highest BCUT2D eigenvalue weighted by Gasteiger charge is 2.12. The molecule has 78 valence electrons. The molecule has 0 heterocycles. The molecule has 0 aromatic heterocycles. The van der Waals surface area contributed by atoms with Crippen LogP contribution in [0.2, 0.25) is 0 Å². The molecule has 0 radical (unpaired) electrons. The van der Waals surface area contributed by atoms with Gasteiger partial charge >= 0.3 is 0 Å². The maximum absolute atomic E-state index is 5.45. The molecule has 1 fully saturated rings. The van der Waals surface area contributed by atoms with Gasteiger partial charge in [-0.05, 0) is 25.3 Å². The van der Waals surface area contributed by atoms with Gasteiger partial charge in [0.15, 0.2) is 0 Å². The Bertz CT molecular complexity index is 122. The average molecular weight is 236 g/mol. The van der Waals surface area contributed by atoms with Gasteiger partial charge in [-0.1, -0.05) is 19.3 Å². The molecule has 1 saturated carbocycles. The Labute approximate surface area is 88.6 Å². The SMILES string of the molecule is [SiH3]O[SiH2]O[SiH2]NCC1CCCCC1. The Kier molecular flexibility index (Phi) is 7.04. The minimum Gasteiger partial charge on any atom is -0.449 e. The van der Waals surface area contributed by atoms with Crippen molar-refractivity contribution < 1.29 is 8.23 Å². The van der Waals surface area contributed by atoms with E-state index in [0.29, 0.717) is 0 Å². The molecule has 0 aromatic rings. The van der Waals surface area contributed by atoms with E-state index in [2.05, 4.69) is 4.98 Å². The predicted molar refractivity (Wildman–Crippen MR) is 63.8 cm³/mol. The fourth-order valence-corrected chi connectivity index (χ4v) is 5.45. The van der Waals surface area contributed by atoms with Crippen molar-refractivity contribution in [3.63, 3.8) is 0 Å². The monoisotopic (exact) mass is 235 g/mol. The Morgan fingerprint density at radius 3 is 2.77 bits per heavy atom. The molecule has 0 atom stereocenters. The summed E-state index contributed by atoms with van der Waals surface area (Å²) in [6.07, 6.45) is 7.18. The lowest BCUT2D eigenvalue weighted by atomic mass is 9.90. The molecule has 0 aliphatic heterocycles. The first-order chi connectivity index (χ1) is 6.43. The first kappa shape index (κ1) is 11.6. The van der Waals surface area contributed by atoms with Gasteiger partial charge in [-0.25, -0.2) is 0 Å². The highest BCUT2D eigenvalue weighted by molar-refractivity contribution is 6.39. The van der Waals surface area contributed by atoms with E-state index in [4.69, 9.17) is 8.23 Å². The zero-order valence-corrected chi connectivity index (χ0v) is 13.4. The van der Waals surface area contributed by atoms with Crippen LogP contribution in [-0.2, 0) is 8.23 Å². The first-order valence-electron chi connectivity index (χ1n) is 5.21. The molecule has 0 amide bonds. The first-order valence-corrected chi connectivity index (χ1v) is 8.46. The molecule has 1 aliphatic carbocycles. The van der Waals surface area contributed by atoms with Crippen LogP contribution in [0.25, 0.3) is 0 Å². The van der Waals surface area contributed by atoms with Crippen LogP contribution in [0.5, 0.6) is 0 Å². The second-order valence-corrected chi connectivity index (χ2v) is 8.68. The van der Waals surface area contributed by atoms with E-state index in [9.17, 15) is 0 Å². The number of hydrogen-bond acceptors (Lipinski definition) is 3. The van der Waals surface area contributed by atoms with Crippen molar-refractivity contribution in [3.8, 4) is 0 Å². The zero-order chi connectivity index (χ0) is 9.36. The van der Waals surface area contributed by atoms with Crippen LogP contribution in [0, 0.1) is 5.92 Å². The molecule has 6 heteroatoms. The molecule has 0 aromatic carbocycles. The van der Waals surface area contributed by atoms with Gasteiger partial charge in [0.2, 0.25) is 9.92 Å². The molecule has 1 aliphatic rings. The van der Waals surface area contributed by atoms with Crippen LogP contribution in [0.3, 0.4) is 0 Å². The number of rotatable bonds is 6. The van der Waals surface area contributed by atoms with Gasteiger partial charge in [0.1, 0.15) is 10.5 Å². The van der Waals surface area contributed by atoms with Crippen LogP contribution in [0.1, 0.15) is 32.1 Å². The minimum absolute atomic E-state index is 0.436. The lowest BCUT2D eigenvalue weighted by Gasteiger charge is -2.21. The van der Waals surface area contributed by atoms with Gasteiger partial charge in [0, 0.05) is 0 Å². The second-order valence-electron chi connectivity index (χ2n) is 3.71. The third-order valence-electron chi connectivity index (χ3n) is 2.56. The Hall–Kier alpha value is 0.531. The van der Waals surface area contributed by atoms with Crippen LogP contribution in [0.4, 0.5) is 0 Å². The predicted octanol–water partition coefficient (Wildman–Crippen LogP) is -1.53. The van der Waals surface area contributed by atoms with Crippen molar-refractivity contribution in [2.75, 3.05) is 6.54 Å². The van der Waals surface area contributed by atoms with Gasteiger partial charge in [0.25, 0.3) is 10.0 Å². The normalized spacial score (nSPS) is 21.2. The molecule has 0 unspecified atom stereocenters. The van der Waals surface area contributed by atoms with E-state index < -0.39 is 19.9 Å². The third kappa shape index (κ3) is 5.76. The average Bonchev–Trinajstić information content (AvgIpc) is 2.19. The van der Waals surface area contributed by atoms with Crippen molar-refractivity contribution in [3.05, 3.63) is 0 Å². The highest BCUT2D eigenvalue weighted by atomic mass is 28.3. The van der Waals surface area contributed by atoms with E-state index in [1.54, 1.807) is 0 Å². The summed E-state index contributed by atoms with van der Waals surface area (Å²) >= 11 is 0. The molecule has 1 rings (SSSR count). The van der Waals surface area contributed by atoms with Gasteiger partial charge in [-0.2, -0.15) is 0 Å².